The molecule has 1 fully saturated rings. The molecule has 1 aliphatic heterocycles. The zero-order chi connectivity index (χ0) is 8.39. The summed E-state index contributed by atoms with van der Waals surface area (Å²) in [5, 5.41) is 0. The second-order valence-corrected chi connectivity index (χ2v) is 3.95. The van der Waals surface area contributed by atoms with Gasteiger partial charge in [-0.15, -0.1) is 0 Å². The van der Waals surface area contributed by atoms with Crippen molar-refractivity contribution in [3.8, 4) is 0 Å². The van der Waals surface area contributed by atoms with Crippen LogP contribution in [0, 0.1) is 0 Å². The van der Waals surface area contributed by atoms with E-state index in [0.29, 0.717) is 4.83 Å². The molecule has 4 heteroatoms. The van der Waals surface area contributed by atoms with Gasteiger partial charge in [0.1, 0.15) is 0 Å². The third-order valence-corrected chi connectivity index (χ3v) is 2.78. The number of hydrogen-bond donors (Lipinski definition) is 2. The molecule has 2 rings (SSSR count). The number of hydrazine groups is 1. The van der Waals surface area contributed by atoms with Gasteiger partial charge in [-0.25, -0.2) is 5.43 Å². The molecule has 0 aromatic carbocycles. The number of halogens is 1. The van der Waals surface area contributed by atoms with Crippen LogP contribution in [0.5, 0.6) is 0 Å². The largest absolute Gasteiger partial charge is 0.260 e. The molecule has 3 nitrogen and oxygen atoms in total. The number of rotatable bonds is 1. The Bertz CT molecular complexity index is 252. The van der Waals surface area contributed by atoms with E-state index < -0.39 is 0 Å². The third kappa shape index (κ3) is 1.50. The van der Waals surface area contributed by atoms with Crippen molar-refractivity contribution in [2.24, 2.45) is 0 Å². The molecule has 0 spiro atoms. The molecule has 1 aromatic rings. The van der Waals surface area contributed by atoms with Crippen LogP contribution < -0.4 is 10.9 Å². The minimum absolute atomic E-state index is 0.284. The fraction of sp³-hybridized carbons (Fsp3) is 0.375. The van der Waals surface area contributed by atoms with Crippen LogP contribution in [0.4, 0.5) is 0 Å². The SMILES string of the molecule is BrC1CNNC1c1ccccn1. The van der Waals surface area contributed by atoms with Crippen molar-refractivity contribution in [3.63, 3.8) is 0 Å². The number of pyridine rings is 1. The zero-order valence-electron chi connectivity index (χ0n) is 6.50. The van der Waals surface area contributed by atoms with E-state index in [2.05, 4.69) is 31.8 Å². The average Bonchev–Trinajstić information content (AvgIpc) is 2.53. The van der Waals surface area contributed by atoms with E-state index in [0.717, 1.165) is 12.2 Å². The summed E-state index contributed by atoms with van der Waals surface area (Å²) in [6, 6.07) is 6.24. The molecule has 0 saturated carbocycles. The van der Waals surface area contributed by atoms with E-state index in [9.17, 15) is 0 Å². The summed E-state index contributed by atoms with van der Waals surface area (Å²) in [6.45, 7) is 0.932. The van der Waals surface area contributed by atoms with Gasteiger partial charge in [-0.2, -0.15) is 0 Å². The lowest BCUT2D eigenvalue weighted by atomic mass is 10.1. The highest BCUT2D eigenvalue weighted by atomic mass is 79.9. The van der Waals surface area contributed by atoms with Gasteiger partial charge in [0.05, 0.1) is 16.6 Å². The van der Waals surface area contributed by atoms with Crippen molar-refractivity contribution in [1.82, 2.24) is 15.8 Å². The Kier molecular flexibility index (Phi) is 2.39. The zero-order valence-corrected chi connectivity index (χ0v) is 8.08. The molecule has 2 unspecified atom stereocenters. The standard InChI is InChI=1S/C8H10BrN3/c9-6-5-11-12-8(6)7-3-1-2-4-10-7/h1-4,6,8,11-12H,5H2. The maximum Gasteiger partial charge on any atom is 0.0772 e. The van der Waals surface area contributed by atoms with Gasteiger partial charge in [-0.3, -0.25) is 10.4 Å². The van der Waals surface area contributed by atoms with Gasteiger partial charge in [0, 0.05) is 12.7 Å². The fourth-order valence-corrected chi connectivity index (χ4v) is 1.86. The van der Waals surface area contributed by atoms with Gasteiger partial charge in [0.25, 0.3) is 0 Å². The molecule has 12 heavy (non-hydrogen) atoms. The molecule has 0 radical (unpaired) electrons. The Hall–Kier alpha value is -0.450. The Labute approximate surface area is 79.7 Å². The molecule has 1 aliphatic rings. The Morgan fingerprint density at radius 2 is 2.42 bits per heavy atom. The van der Waals surface area contributed by atoms with Gasteiger partial charge < -0.3 is 0 Å². The highest BCUT2D eigenvalue weighted by Gasteiger charge is 2.26. The lowest BCUT2D eigenvalue weighted by molar-refractivity contribution is 0.573. The molecule has 2 heterocycles. The van der Waals surface area contributed by atoms with Crippen molar-refractivity contribution in [2.75, 3.05) is 6.54 Å². The molecule has 2 atom stereocenters. The first kappa shape index (κ1) is 8.16. The highest BCUT2D eigenvalue weighted by Crippen LogP contribution is 2.22. The number of alkyl halides is 1. The molecule has 1 saturated heterocycles. The number of nitrogens with zero attached hydrogens (tertiary/aromatic N) is 1. The molecule has 0 aliphatic carbocycles. The van der Waals surface area contributed by atoms with Crippen LogP contribution in [-0.4, -0.2) is 16.4 Å². The normalized spacial score (nSPS) is 29.1. The molecule has 2 N–H and O–H groups in total. The van der Waals surface area contributed by atoms with Gasteiger partial charge in [-0.05, 0) is 12.1 Å². The summed E-state index contributed by atoms with van der Waals surface area (Å²) in [7, 11) is 0. The van der Waals surface area contributed by atoms with Crippen molar-refractivity contribution in [1.29, 1.82) is 0 Å². The van der Waals surface area contributed by atoms with E-state index >= 15 is 0 Å². The van der Waals surface area contributed by atoms with Gasteiger partial charge in [0.15, 0.2) is 0 Å². The summed E-state index contributed by atoms with van der Waals surface area (Å²) in [6.07, 6.45) is 1.81. The Balaban J connectivity index is 2.19. The van der Waals surface area contributed by atoms with E-state index in [-0.39, 0.29) is 6.04 Å². The Morgan fingerprint density at radius 1 is 1.50 bits per heavy atom. The average molecular weight is 228 g/mol. The van der Waals surface area contributed by atoms with Gasteiger partial charge in [0.2, 0.25) is 0 Å². The van der Waals surface area contributed by atoms with Crippen molar-refractivity contribution in [2.45, 2.75) is 10.9 Å². The molecule has 0 amide bonds. The minimum Gasteiger partial charge on any atom is -0.260 e. The van der Waals surface area contributed by atoms with Gasteiger partial charge >= 0.3 is 0 Å². The van der Waals surface area contributed by atoms with E-state index in [1.165, 1.54) is 0 Å². The third-order valence-electron chi connectivity index (χ3n) is 1.92. The smallest absolute Gasteiger partial charge is 0.0772 e. The second-order valence-electron chi connectivity index (χ2n) is 2.77. The molecular formula is C8H10BrN3. The minimum atomic E-state index is 0.284. The van der Waals surface area contributed by atoms with E-state index in [1.807, 2.05) is 24.4 Å². The monoisotopic (exact) mass is 227 g/mol. The molecule has 0 bridgehead atoms. The van der Waals surface area contributed by atoms with Gasteiger partial charge in [-0.1, -0.05) is 22.0 Å². The first-order valence-electron chi connectivity index (χ1n) is 3.91. The predicted molar refractivity (Wildman–Crippen MR) is 50.8 cm³/mol. The quantitative estimate of drug-likeness (QED) is 0.704. The second kappa shape index (κ2) is 3.51. The summed E-state index contributed by atoms with van der Waals surface area (Å²) in [4.78, 5) is 4.70. The lowest BCUT2D eigenvalue weighted by Gasteiger charge is -2.11. The van der Waals surface area contributed by atoms with Crippen LogP contribution in [0.25, 0.3) is 0 Å². The number of aromatic nitrogens is 1. The van der Waals surface area contributed by atoms with Crippen LogP contribution in [0.1, 0.15) is 11.7 Å². The van der Waals surface area contributed by atoms with Crippen LogP contribution in [-0.2, 0) is 0 Å². The number of hydrogen-bond acceptors (Lipinski definition) is 3. The van der Waals surface area contributed by atoms with Crippen LogP contribution in [0.2, 0.25) is 0 Å². The summed E-state index contributed by atoms with van der Waals surface area (Å²) in [5.41, 5.74) is 7.32. The van der Waals surface area contributed by atoms with Crippen molar-refractivity contribution < 1.29 is 0 Å². The number of nitrogens with one attached hydrogen (secondary N) is 2. The first-order chi connectivity index (χ1) is 5.88. The lowest BCUT2D eigenvalue weighted by Crippen LogP contribution is -2.25. The molecule has 1 aromatic heterocycles. The predicted octanol–water partition coefficient (Wildman–Crippen LogP) is 0.994. The fourth-order valence-electron chi connectivity index (χ4n) is 1.29. The van der Waals surface area contributed by atoms with Crippen LogP contribution in [0.3, 0.4) is 0 Å². The topological polar surface area (TPSA) is 37.0 Å². The summed E-state index contributed by atoms with van der Waals surface area (Å²) in [5.74, 6) is 0. The summed E-state index contributed by atoms with van der Waals surface area (Å²) >= 11 is 3.58. The van der Waals surface area contributed by atoms with Crippen molar-refractivity contribution >= 4 is 15.9 Å². The summed E-state index contributed by atoms with van der Waals surface area (Å²) < 4.78 is 0. The Morgan fingerprint density at radius 3 is 3.00 bits per heavy atom. The molecule has 64 valence electrons. The maximum absolute atomic E-state index is 4.28. The van der Waals surface area contributed by atoms with E-state index in [1.54, 1.807) is 0 Å². The van der Waals surface area contributed by atoms with Crippen LogP contribution >= 0.6 is 15.9 Å². The van der Waals surface area contributed by atoms with Crippen molar-refractivity contribution in [3.05, 3.63) is 30.1 Å². The molecular weight excluding hydrogens is 218 g/mol. The van der Waals surface area contributed by atoms with E-state index in [4.69, 9.17) is 0 Å². The first-order valence-corrected chi connectivity index (χ1v) is 4.83. The van der Waals surface area contributed by atoms with Crippen LogP contribution in [0.15, 0.2) is 24.4 Å². The maximum atomic E-state index is 4.28. The highest BCUT2D eigenvalue weighted by molar-refractivity contribution is 9.09.